The second-order valence-electron chi connectivity index (χ2n) is 18.9. The van der Waals surface area contributed by atoms with Gasteiger partial charge in [-0.25, -0.2) is 0 Å². The van der Waals surface area contributed by atoms with Crippen LogP contribution in [0.4, 0.5) is 0 Å². The third-order valence-corrected chi connectivity index (χ3v) is 12.9. The summed E-state index contributed by atoms with van der Waals surface area (Å²) in [5.41, 5.74) is 0. The molecule has 1 rings (SSSR count). The van der Waals surface area contributed by atoms with Gasteiger partial charge in [-0.1, -0.05) is 239 Å². The first-order chi connectivity index (χ1) is 29.8. The lowest BCUT2D eigenvalue weighted by Gasteiger charge is -2.40. The smallest absolute Gasteiger partial charge is 0.220 e. The molecule has 1 unspecified atom stereocenters. The molecule has 1 fully saturated rings. The Morgan fingerprint density at radius 1 is 0.508 bits per heavy atom. The van der Waals surface area contributed by atoms with E-state index in [1.54, 1.807) is 0 Å². The van der Waals surface area contributed by atoms with Crippen molar-refractivity contribution in [2.45, 2.75) is 308 Å². The number of ether oxygens (including phenoxy) is 3. The van der Waals surface area contributed by atoms with Gasteiger partial charge in [0.15, 0.2) is 6.29 Å². The number of rotatable bonds is 46. The molecule has 9 heteroatoms. The molecule has 1 amide bonds. The first-order valence-corrected chi connectivity index (χ1v) is 26.7. The molecule has 364 valence electrons. The maximum absolute atomic E-state index is 13.1. The maximum atomic E-state index is 13.1. The largest absolute Gasteiger partial charge is 0.391 e. The molecule has 0 saturated carbocycles. The predicted octanol–water partition coefficient (Wildman–Crippen LogP) is 12.6. The zero-order chi connectivity index (χ0) is 44.4. The van der Waals surface area contributed by atoms with Crippen LogP contribution in [-0.2, 0) is 19.0 Å². The summed E-state index contributed by atoms with van der Waals surface area (Å²) in [5, 5.41) is 45.9. The van der Waals surface area contributed by atoms with Crippen LogP contribution in [0.25, 0.3) is 0 Å². The summed E-state index contributed by atoms with van der Waals surface area (Å²) in [5.74, 6) is -0.114. The van der Waals surface area contributed by atoms with Gasteiger partial charge >= 0.3 is 0 Å². The highest BCUT2D eigenvalue weighted by molar-refractivity contribution is 5.76. The molecule has 1 saturated heterocycles. The van der Waals surface area contributed by atoms with E-state index in [-0.39, 0.29) is 19.1 Å². The quantitative estimate of drug-likeness (QED) is 0.0381. The van der Waals surface area contributed by atoms with E-state index in [1.807, 2.05) is 6.92 Å². The molecule has 0 radical (unpaired) electrons. The van der Waals surface area contributed by atoms with Gasteiger partial charge in [0.25, 0.3) is 0 Å². The fourth-order valence-electron chi connectivity index (χ4n) is 8.73. The van der Waals surface area contributed by atoms with Gasteiger partial charge in [0.05, 0.1) is 25.4 Å². The average Bonchev–Trinajstić information content (AvgIpc) is 3.26. The second-order valence-corrected chi connectivity index (χ2v) is 18.9. The Morgan fingerprint density at radius 3 is 1.28 bits per heavy atom. The average molecular weight is 870 g/mol. The number of nitrogens with one attached hydrogen (secondary N) is 1. The fraction of sp³-hybridized carbons (Fsp3) is 0.981. The van der Waals surface area contributed by atoms with Crippen LogP contribution in [0.5, 0.6) is 0 Å². The minimum Gasteiger partial charge on any atom is -0.391 e. The van der Waals surface area contributed by atoms with Gasteiger partial charge in [0, 0.05) is 13.0 Å². The fourth-order valence-corrected chi connectivity index (χ4v) is 8.73. The summed E-state index contributed by atoms with van der Waals surface area (Å²) < 4.78 is 17.3. The Balaban J connectivity index is 2.29. The molecule has 0 spiro atoms. The van der Waals surface area contributed by atoms with Gasteiger partial charge in [-0.2, -0.15) is 0 Å². The number of aliphatic hydroxyl groups is 4. The Morgan fingerprint density at radius 2 is 0.885 bits per heavy atom. The van der Waals surface area contributed by atoms with E-state index in [4.69, 9.17) is 14.2 Å². The number of carbonyl (C=O) groups is 1. The molecule has 0 aromatic rings. The number of carbonyl (C=O) groups excluding carboxylic acids is 1. The molecular formula is C52H103NO8. The van der Waals surface area contributed by atoms with Gasteiger partial charge in [-0.3, -0.25) is 4.79 Å². The molecule has 0 aromatic heterocycles. The molecule has 9 nitrogen and oxygen atoms in total. The molecular weight excluding hydrogens is 767 g/mol. The van der Waals surface area contributed by atoms with E-state index < -0.39 is 42.9 Å². The van der Waals surface area contributed by atoms with Crippen LogP contribution in [0, 0.1) is 0 Å². The van der Waals surface area contributed by atoms with Gasteiger partial charge in [-0.05, 0) is 19.3 Å². The Bertz CT molecular complexity index is 926. The normalized spacial score (nSPS) is 20.3. The standard InChI is InChI=1S/C52H103NO8/c1-4-7-9-11-13-15-17-19-20-21-22-23-24-25-26-27-28-29-31-33-35-37-39-41-48(55)53-45(46(54)40-38-36-34-32-30-18-16-14-12-10-8-5-2)43-60-52-51(58)50(57)49(56)47(61-52)44-59-42-6-3/h45-47,49-52,54,56-58H,4-44H2,1-3H3,(H,53,55)/t45-,46-,47-,49+,50+,51-,52?/m1/s1. The van der Waals surface area contributed by atoms with Crippen molar-refractivity contribution in [2.24, 2.45) is 0 Å². The van der Waals surface area contributed by atoms with Gasteiger partial charge < -0.3 is 40.0 Å². The minimum absolute atomic E-state index is 0.0555. The van der Waals surface area contributed by atoms with Crippen molar-refractivity contribution < 1.29 is 39.4 Å². The lowest BCUT2D eigenvalue weighted by molar-refractivity contribution is -0.304. The van der Waals surface area contributed by atoms with Gasteiger partial charge in [0.1, 0.15) is 24.4 Å². The first-order valence-electron chi connectivity index (χ1n) is 26.7. The molecule has 1 aliphatic heterocycles. The molecule has 5 N–H and O–H groups in total. The second kappa shape index (κ2) is 43.1. The minimum atomic E-state index is -1.48. The topological polar surface area (TPSA) is 138 Å². The lowest BCUT2D eigenvalue weighted by atomic mass is 9.99. The molecule has 0 aromatic carbocycles. The Labute approximate surface area is 377 Å². The van der Waals surface area contributed by atoms with Crippen molar-refractivity contribution in [3.63, 3.8) is 0 Å². The van der Waals surface area contributed by atoms with E-state index >= 15 is 0 Å². The van der Waals surface area contributed by atoms with Crippen LogP contribution in [0.1, 0.15) is 265 Å². The summed E-state index contributed by atoms with van der Waals surface area (Å²) in [7, 11) is 0. The van der Waals surface area contributed by atoms with E-state index in [0.717, 1.165) is 44.9 Å². The first kappa shape index (κ1) is 58.2. The number of amides is 1. The monoisotopic (exact) mass is 870 g/mol. The van der Waals surface area contributed by atoms with Crippen molar-refractivity contribution >= 4 is 5.91 Å². The van der Waals surface area contributed by atoms with E-state index in [0.29, 0.717) is 19.4 Å². The zero-order valence-corrected chi connectivity index (χ0v) is 40.5. The van der Waals surface area contributed by atoms with Crippen molar-refractivity contribution in [3.05, 3.63) is 0 Å². The van der Waals surface area contributed by atoms with Crippen LogP contribution in [0.3, 0.4) is 0 Å². The van der Waals surface area contributed by atoms with Crippen molar-refractivity contribution in [2.75, 3.05) is 19.8 Å². The molecule has 1 heterocycles. The third-order valence-electron chi connectivity index (χ3n) is 12.9. The molecule has 0 aliphatic carbocycles. The van der Waals surface area contributed by atoms with Crippen molar-refractivity contribution in [1.29, 1.82) is 0 Å². The Hall–Kier alpha value is -0.810. The SMILES string of the molecule is CCCCCCCCCCCCCCCCCCCCCCCCCC(=O)N[C@H](COC1O[C@H](COCCC)[C@H](O)[C@H](O)[C@H]1O)[C@H](O)CCCCCCCCCCCCCC. The number of hydrogen-bond acceptors (Lipinski definition) is 8. The van der Waals surface area contributed by atoms with E-state index in [2.05, 4.69) is 19.2 Å². The molecule has 0 bridgehead atoms. The zero-order valence-electron chi connectivity index (χ0n) is 40.5. The van der Waals surface area contributed by atoms with Gasteiger partial charge in [0.2, 0.25) is 5.91 Å². The Kier molecular flexibility index (Phi) is 41.1. The number of unbranched alkanes of at least 4 members (excludes halogenated alkanes) is 33. The van der Waals surface area contributed by atoms with Crippen molar-refractivity contribution in [3.8, 4) is 0 Å². The number of aliphatic hydroxyl groups excluding tert-OH is 4. The van der Waals surface area contributed by atoms with E-state index in [1.165, 1.54) is 186 Å². The van der Waals surface area contributed by atoms with Crippen molar-refractivity contribution in [1.82, 2.24) is 5.32 Å². The van der Waals surface area contributed by atoms with E-state index in [9.17, 15) is 25.2 Å². The third kappa shape index (κ3) is 33.3. The summed E-state index contributed by atoms with van der Waals surface area (Å²) in [4.78, 5) is 13.1. The van der Waals surface area contributed by atoms with Crippen LogP contribution in [0.15, 0.2) is 0 Å². The lowest BCUT2D eigenvalue weighted by Crippen LogP contribution is -2.60. The maximum Gasteiger partial charge on any atom is 0.220 e. The van der Waals surface area contributed by atoms with Crippen LogP contribution in [0.2, 0.25) is 0 Å². The van der Waals surface area contributed by atoms with Crippen LogP contribution in [-0.4, -0.2) is 89.0 Å². The summed E-state index contributed by atoms with van der Waals surface area (Å²) in [6, 6.07) is -0.681. The van der Waals surface area contributed by atoms with Crippen LogP contribution >= 0.6 is 0 Å². The van der Waals surface area contributed by atoms with Crippen LogP contribution < -0.4 is 5.32 Å². The highest BCUT2D eigenvalue weighted by Gasteiger charge is 2.44. The molecule has 61 heavy (non-hydrogen) atoms. The predicted molar refractivity (Wildman–Crippen MR) is 254 cm³/mol. The summed E-state index contributed by atoms with van der Waals surface area (Å²) >= 11 is 0. The highest BCUT2D eigenvalue weighted by Crippen LogP contribution is 2.24. The summed E-state index contributed by atoms with van der Waals surface area (Å²) in [6.07, 6.45) is 40.0. The van der Waals surface area contributed by atoms with Gasteiger partial charge in [-0.15, -0.1) is 0 Å². The highest BCUT2D eigenvalue weighted by atomic mass is 16.7. The number of hydrogen-bond donors (Lipinski definition) is 5. The molecule has 1 aliphatic rings. The summed E-state index contributed by atoms with van der Waals surface area (Å²) in [6.45, 7) is 6.97. The molecule has 7 atom stereocenters.